The van der Waals surface area contributed by atoms with Crippen molar-refractivity contribution >= 4 is 0 Å². The summed E-state index contributed by atoms with van der Waals surface area (Å²) in [5.74, 6) is -0.289. The van der Waals surface area contributed by atoms with E-state index in [0.29, 0.717) is 5.69 Å². The van der Waals surface area contributed by atoms with Crippen molar-refractivity contribution in [3.05, 3.63) is 48.3 Å². The van der Waals surface area contributed by atoms with Gasteiger partial charge in [-0.15, -0.1) is 0 Å². The van der Waals surface area contributed by atoms with Crippen LogP contribution in [0.4, 0.5) is 4.39 Å². The van der Waals surface area contributed by atoms with Gasteiger partial charge in [0.25, 0.3) is 0 Å². The monoisotopic (exact) mass is 205 g/mol. The molecular formula is C11H12FN3. The fourth-order valence-corrected chi connectivity index (χ4v) is 1.56. The van der Waals surface area contributed by atoms with E-state index in [9.17, 15) is 4.39 Å². The van der Waals surface area contributed by atoms with E-state index < -0.39 is 0 Å². The van der Waals surface area contributed by atoms with E-state index >= 15 is 0 Å². The first-order chi connectivity index (χ1) is 7.20. The van der Waals surface area contributed by atoms with Crippen molar-refractivity contribution < 1.29 is 4.39 Å². The maximum Gasteiger partial charge on any atom is 0.147 e. The molecule has 2 N–H and O–H groups in total. The lowest BCUT2D eigenvalue weighted by atomic mass is 10.1. The number of rotatable bonds is 2. The molecule has 0 aliphatic heterocycles. The Bertz CT molecular complexity index is 449. The van der Waals surface area contributed by atoms with Crippen LogP contribution in [0.3, 0.4) is 0 Å². The molecule has 0 saturated carbocycles. The van der Waals surface area contributed by atoms with Gasteiger partial charge >= 0.3 is 0 Å². The molecule has 0 amide bonds. The highest BCUT2D eigenvalue weighted by Crippen LogP contribution is 2.22. The Morgan fingerprint density at radius 2 is 2.27 bits per heavy atom. The number of nitrogens with two attached hydrogens (primary N) is 1. The van der Waals surface area contributed by atoms with E-state index in [1.807, 2.05) is 13.0 Å². The van der Waals surface area contributed by atoms with Crippen LogP contribution in [0.15, 0.2) is 36.9 Å². The minimum atomic E-state index is -0.289. The molecule has 1 heterocycles. The van der Waals surface area contributed by atoms with E-state index in [1.165, 1.54) is 6.07 Å². The van der Waals surface area contributed by atoms with Crippen LogP contribution in [0.1, 0.15) is 18.5 Å². The van der Waals surface area contributed by atoms with E-state index in [4.69, 9.17) is 5.73 Å². The third-order valence-electron chi connectivity index (χ3n) is 2.27. The van der Waals surface area contributed by atoms with Gasteiger partial charge in [-0.1, -0.05) is 12.1 Å². The Labute approximate surface area is 87.4 Å². The molecule has 0 aliphatic carbocycles. The zero-order chi connectivity index (χ0) is 10.8. The molecular weight excluding hydrogens is 193 g/mol. The van der Waals surface area contributed by atoms with Gasteiger partial charge < -0.3 is 10.3 Å². The molecule has 4 heteroatoms. The van der Waals surface area contributed by atoms with Crippen molar-refractivity contribution in [2.24, 2.45) is 5.73 Å². The van der Waals surface area contributed by atoms with Crippen LogP contribution in [0.5, 0.6) is 0 Å². The Morgan fingerprint density at radius 1 is 1.47 bits per heavy atom. The van der Waals surface area contributed by atoms with Gasteiger partial charge in [0.2, 0.25) is 0 Å². The lowest BCUT2D eigenvalue weighted by molar-refractivity contribution is 0.611. The Morgan fingerprint density at radius 3 is 2.87 bits per heavy atom. The Kier molecular flexibility index (Phi) is 2.51. The van der Waals surface area contributed by atoms with Gasteiger partial charge in [-0.05, 0) is 18.6 Å². The molecule has 0 radical (unpaired) electrons. The first-order valence-electron chi connectivity index (χ1n) is 4.72. The third kappa shape index (κ3) is 1.76. The molecule has 0 spiro atoms. The molecule has 0 saturated heterocycles. The number of imidazole rings is 1. The van der Waals surface area contributed by atoms with Gasteiger partial charge in [0, 0.05) is 18.4 Å². The van der Waals surface area contributed by atoms with Gasteiger partial charge in [0.15, 0.2) is 0 Å². The number of nitrogens with zero attached hydrogens (tertiary/aromatic N) is 2. The van der Waals surface area contributed by atoms with Gasteiger partial charge in [0.1, 0.15) is 5.82 Å². The van der Waals surface area contributed by atoms with Crippen molar-refractivity contribution in [1.29, 1.82) is 0 Å². The zero-order valence-corrected chi connectivity index (χ0v) is 8.39. The van der Waals surface area contributed by atoms with Gasteiger partial charge in [-0.25, -0.2) is 9.37 Å². The SMILES string of the molecule is C[C@@H](N)c1cccc(F)c1-n1ccnc1. The summed E-state index contributed by atoms with van der Waals surface area (Å²) >= 11 is 0. The second-order valence-electron chi connectivity index (χ2n) is 3.44. The highest BCUT2D eigenvalue weighted by Gasteiger charge is 2.12. The number of hydrogen-bond donors (Lipinski definition) is 1. The number of aromatic nitrogens is 2. The summed E-state index contributed by atoms with van der Waals surface area (Å²) in [6.45, 7) is 1.83. The lowest BCUT2D eigenvalue weighted by Gasteiger charge is -2.13. The van der Waals surface area contributed by atoms with Crippen molar-refractivity contribution in [2.45, 2.75) is 13.0 Å². The van der Waals surface area contributed by atoms with Crippen molar-refractivity contribution in [3.8, 4) is 5.69 Å². The molecule has 0 unspecified atom stereocenters. The zero-order valence-electron chi connectivity index (χ0n) is 8.39. The van der Waals surface area contributed by atoms with Gasteiger partial charge in [-0.2, -0.15) is 0 Å². The first-order valence-corrected chi connectivity index (χ1v) is 4.72. The average molecular weight is 205 g/mol. The highest BCUT2D eigenvalue weighted by atomic mass is 19.1. The van der Waals surface area contributed by atoms with Crippen molar-refractivity contribution in [3.63, 3.8) is 0 Å². The largest absolute Gasteiger partial charge is 0.324 e. The molecule has 2 rings (SSSR count). The molecule has 1 aromatic carbocycles. The van der Waals surface area contributed by atoms with Gasteiger partial charge in [0.05, 0.1) is 12.0 Å². The summed E-state index contributed by atoms with van der Waals surface area (Å²) in [5.41, 5.74) is 7.04. The molecule has 2 aromatic rings. The molecule has 0 fully saturated rings. The summed E-state index contributed by atoms with van der Waals surface area (Å²) in [5, 5.41) is 0. The van der Waals surface area contributed by atoms with Crippen LogP contribution in [0.2, 0.25) is 0 Å². The number of benzene rings is 1. The Balaban J connectivity index is 2.63. The second kappa shape index (κ2) is 3.82. The van der Waals surface area contributed by atoms with Crippen LogP contribution < -0.4 is 5.73 Å². The predicted molar refractivity (Wildman–Crippen MR) is 56.1 cm³/mol. The van der Waals surface area contributed by atoms with Crippen molar-refractivity contribution in [1.82, 2.24) is 9.55 Å². The molecule has 0 aliphatic rings. The second-order valence-corrected chi connectivity index (χ2v) is 3.44. The maximum atomic E-state index is 13.7. The fraction of sp³-hybridized carbons (Fsp3) is 0.182. The quantitative estimate of drug-likeness (QED) is 0.815. The average Bonchev–Trinajstić information content (AvgIpc) is 2.70. The third-order valence-corrected chi connectivity index (χ3v) is 2.27. The van der Waals surface area contributed by atoms with E-state index in [2.05, 4.69) is 4.98 Å². The Hall–Kier alpha value is -1.68. The van der Waals surface area contributed by atoms with Crippen LogP contribution in [-0.4, -0.2) is 9.55 Å². The summed E-state index contributed by atoms with van der Waals surface area (Å²) in [6.07, 6.45) is 4.87. The number of hydrogen-bond acceptors (Lipinski definition) is 2. The fourth-order valence-electron chi connectivity index (χ4n) is 1.56. The minimum absolute atomic E-state index is 0.210. The lowest BCUT2D eigenvalue weighted by Crippen LogP contribution is -2.10. The smallest absolute Gasteiger partial charge is 0.147 e. The molecule has 0 bridgehead atoms. The molecule has 1 atom stereocenters. The van der Waals surface area contributed by atoms with Gasteiger partial charge in [-0.3, -0.25) is 0 Å². The summed E-state index contributed by atoms with van der Waals surface area (Å²) in [4.78, 5) is 3.90. The van der Waals surface area contributed by atoms with E-state index in [0.717, 1.165) is 5.56 Å². The topological polar surface area (TPSA) is 43.8 Å². The van der Waals surface area contributed by atoms with E-state index in [1.54, 1.807) is 29.4 Å². The summed E-state index contributed by atoms with van der Waals surface area (Å²) in [6, 6.07) is 4.69. The van der Waals surface area contributed by atoms with Crippen LogP contribution >= 0.6 is 0 Å². The molecule has 15 heavy (non-hydrogen) atoms. The molecule has 3 nitrogen and oxygen atoms in total. The van der Waals surface area contributed by atoms with Crippen LogP contribution in [-0.2, 0) is 0 Å². The van der Waals surface area contributed by atoms with Crippen LogP contribution in [0, 0.1) is 5.82 Å². The first kappa shape index (κ1) is 9.86. The normalized spacial score (nSPS) is 12.7. The molecule has 78 valence electrons. The number of para-hydroxylation sites is 1. The van der Waals surface area contributed by atoms with Crippen molar-refractivity contribution in [2.75, 3.05) is 0 Å². The maximum absolute atomic E-state index is 13.7. The van der Waals surface area contributed by atoms with Crippen LogP contribution in [0.25, 0.3) is 5.69 Å². The standard InChI is InChI=1S/C11H12FN3/c1-8(13)9-3-2-4-10(12)11(9)15-6-5-14-7-15/h2-8H,13H2,1H3/t8-/m1/s1. The van der Waals surface area contributed by atoms with E-state index in [-0.39, 0.29) is 11.9 Å². The summed E-state index contributed by atoms with van der Waals surface area (Å²) in [7, 11) is 0. The molecule has 1 aromatic heterocycles. The summed E-state index contributed by atoms with van der Waals surface area (Å²) < 4.78 is 15.3. The number of halogens is 1. The predicted octanol–water partition coefficient (Wildman–Crippen LogP) is 2.03. The minimum Gasteiger partial charge on any atom is -0.324 e. The highest BCUT2D eigenvalue weighted by molar-refractivity contribution is 5.43.